The average Bonchev–Trinajstić information content (AvgIpc) is 3.25. The van der Waals surface area contributed by atoms with Crippen LogP contribution in [0.5, 0.6) is 5.75 Å². The molecule has 0 saturated heterocycles. The van der Waals surface area contributed by atoms with Gasteiger partial charge in [0, 0.05) is 10.9 Å². The number of nitrogens with one attached hydrogen (secondary N) is 1. The molecular weight excluding hydrogens is 366 g/mol. The molecule has 0 unspecified atom stereocenters. The topological polar surface area (TPSA) is 111 Å². The fraction of sp³-hybridized carbons (Fsp3) is 0.133. The highest BCUT2D eigenvalue weighted by Gasteiger charge is 2.21. The van der Waals surface area contributed by atoms with Gasteiger partial charge in [-0.1, -0.05) is 5.10 Å². The Kier molecular flexibility index (Phi) is 4.81. The van der Waals surface area contributed by atoms with Crippen LogP contribution >= 0.6 is 11.3 Å². The van der Waals surface area contributed by atoms with Crippen molar-refractivity contribution in [3.05, 3.63) is 41.1 Å². The maximum atomic E-state index is 12.3. The summed E-state index contributed by atoms with van der Waals surface area (Å²) >= 11 is 1.46. The highest BCUT2D eigenvalue weighted by Crippen LogP contribution is 2.22. The van der Waals surface area contributed by atoms with Crippen LogP contribution in [0.1, 0.15) is 0 Å². The monoisotopic (exact) mass is 379 g/mol. The first kappa shape index (κ1) is 17.1. The number of methoxy groups -OCH3 is 1. The predicted molar refractivity (Wildman–Crippen MR) is 91.3 cm³/mol. The molecule has 25 heavy (non-hydrogen) atoms. The Balaban J connectivity index is 1.67. The lowest BCUT2D eigenvalue weighted by Gasteiger charge is -2.05. The van der Waals surface area contributed by atoms with Crippen molar-refractivity contribution in [2.24, 2.45) is 0 Å². The molecule has 0 spiro atoms. The number of carbonyl (C=O) groups excluding carboxylic acids is 1. The van der Waals surface area contributed by atoms with Crippen LogP contribution in [0.15, 0.2) is 50.4 Å². The summed E-state index contributed by atoms with van der Waals surface area (Å²) in [6.07, 6.45) is 0. The lowest BCUT2D eigenvalue weighted by molar-refractivity contribution is -0.114. The Hall–Kier alpha value is -2.72. The standard InChI is InChI=1S/C15H13N3O5S2/c1-22-11-2-4-12(5-3-11)25(20,21)9-13(19)16-15-18-17-14(23-15)10-6-7-24-8-10/h2-8H,9H2,1H3,(H,16,18,19). The lowest BCUT2D eigenvalue weighted by Crippen LogP contribution is -2.23. The molecule has 3 rings (SSSR count). The van der Waals surface area contributed by atoms with Gasteiger partial charge in [0.1, 0.15) is 11.5 Å². The number of aromatic nitrogens is 2. The van der Waals surface area contributed by atoms with E-state index in [4.69, 9.17) is 9.15 Å². The summed E-state index contributed by atoms with van der Waals surface area (Å²) in [5.41, 5.74) is 0.726. The third-order valence-corrected chi connectivity index (χ3v) is 5.50. The molecule has 2 aromatic heterocycles. The van der Waals surface area contributed by atoms with Crippen LogP contribution in [0.2, 0.25) is 0 Å². The molecular formula is C15H13N3O5S2. The van der Waals surface area contributed by atoms with Gasteiger partial charge in [-0.2, -0.15) is 11.3 Å². The number of thiophene rings is 1. The summed E-state index contributed by atoms with van der Waals surface area (Å²) in [7, 11) is -2.32. The maximum absolute atomic E-state index is 12.3. The first-order valence-corrected chi connectivity index (χ1v) is 9.60. The van der Waals surface area contributed by atoms with E-state index in [-0.39, 0.29) is 16.8 Å². The molecule has 1 amide bonds. The first-order chi connectivity index (χ1) is 12.0. The van der Waals surface area contributed by atoms with E-state index in [1.165, 1.54) is 42.7 Å². The van der Waals surface area contributed by atoms with Gasteiger partial charge >= 0.3 is 6.01 Å². The summed E-state index contributed by atoms with van der Waals surface area (Å²) in [6, 6.07) is 7.41. The Morgan fingerprint density at radius 1 is 1.24 bits per heavy atom. The van der Waals surface area contributed by atoms with Gasteiger partial charge < -0.3 is 9.15 Å². The number of hydrogen-bond donors (Lipinski definition) is 1. The number of sulfone groups is 1. The van der Waals surface area contributed by atoms with Crippen molar-refractivity contribution in [1.82, 2.24) is 10.2 Å². The minimum atomic E-state index is -3.80. The second kappa shape index (κ2) is 7.03. The second-order valence-electron chi connectivity index (χ2n) is 4.91. The maximum Gasteiger partial charge on any atom is 0.322 e. The van der Waals surface area contributed by atoms with Crippen LogP contribution in [-0.2, 0) is 14.6 Å². The van der Waals surface area contributed by atoms with E-state index >= 15 is 0 Å². The van der Waals surface area contributed by atoms with Gasteiger partial charge in [0.2, 0.25) is 5.91 Å². The van der Waals surface area contributed by atoms with E-state index in [1.54, 1.807) is 6.07 Å². The summed E-state index contributed by atoms with van der Waals surface area (Å²) in [4.78, 5) is 12.0. The van der Waals surface area contributed by atoms with Crippen molar-refractivity contribution in [3.8, 4) is 17.2 Å². The van der Waals surface area contributed by atoms with E-state index < -0.39 is 21.5 Å². The van der Waals surface area contributed by atoms with Crippen molar-refractivity contribution >= 4 is 33.1 Å². The molecule has 0 atom stereocenters. The number of anilines is 1. The number of amides is 1. The van der Waals surface area contributed by atoms with Crippen LogP contribution in [0.25, 0.3) is 11.5 Å². The zero-order valence-electron chi connectivity index (χ0n) is 13.0. The molecule has 1 N–H and O–H groups in total. The van der Waals surface area contributed by atoms with E-state index in [1.807, 2.05) is 10.8 Å². The highest BCUT2D eigenvalue weighted by atomic mass is 32.2. The van der Waals surface area contributed by atoms with Crippen molar-refractivity contribution in [3.63, 3.8) is 0 Å². The van der Waals surface area contributed by atoms with Crippen molar-refractivity contribution in [2.75, 3.05) is 18.2 Å². The molecule has 3 aromatic rings. The molecule has 0 aliphatic heterocycles. The zero-order chi connectivity index (χ0) is 17.9. The van der Waals surface area contributed by atoms with Gasteiger partial charge in [-0.15, -0.1) is 5.10 Å². The van der Waals surface area contributed by atoms with Gasteiger partial charge in [-0.05, 0) is 35.7 Å². The summed E-state index contributed by atoms with van der Waals surface area (Å²) in [6.45, 7) is 0. The molecule has 8 nitrogen and oxygen atoms in total. The van der Waals surface area contributed by atoms with Crippen LogP contribution in [-0.4, -0.2) is 37.4 Å². The smallest absolute Gasteiger partial charge is 0.322 e. The Labute approximate surface area is 147 Å². The number of ether oxygens (including phenoxy) is 1. The van der Waals surface area contributed by atoms with Gasteiger partial charge in [0.15, 0.2) is 9.84 Å². The molecule has 130 valence electrons. The normalized spacial score (nSPS) is 11.2. The molecule has 2 heterocycles. The fourth-order valence-corrected chi connectivity index (χ4v) is 3.74. The van der Waals surface area contributed by atoms with Gasteiger partial charge in [-0.25, -0.2) is 8.42 Å². The highest BCUT2D eigenvalue weighted by molar-refractivity contribution is 7.92. The minimum Gasteiger partial charge on any atom is -0.497 e. The van der Waals surface area contributed by atoms with Gasteiger partial charge in [0.05, 0.1) is 12.0 Å². The number of carbonyl (C=O) groups is 1. The SMILES string of the molecule is COc1ccc(S(=O)(=O)CC(=O)Nc2nnc(-c3ccsc3)o2)cc1. The average molecular weight is 379 g/mol. The lowest BCUT2D eigenvalue weighted by atomic mass is 10.3. The van der Waals surface area contributed by atoms with Crippen molar-refractivity contribution < 1.29 is 22.4 Å². The van der Waals surface area contributed by atoms with Gasteiger partial charge in [0.25, 0.3) is 5.89 Å². The fourth-order valence-electron chi connectivity index (χ4n) is 1.97. The first-order valence-electron chi connectivity index (χ1n) is 7.01. The van der Waals surface area contributed by atoms with Crippen LogP contribution in [0, 0.1) is 0 Å². The van der Waals surface area contributed by atoms with E-state index in [0.717, 1.165) is 5.56 Å². The van der Waals surface area contributed by atoms with Crippen LogP contribution in [0.4, 0.5) is 6.01 Å². The Bertz CT molecular complexity index is 963. The Morgan fingerprint density at radius 2 is 2.00 bits per heavy atom. The number of rotatable bonds is 6. The molecule has 0 aliphatic carbocycles. The molecule has 0 radical (unpaired) electrons. The molecule has 0 fully saturated rings. The van der Waals surface area contributed by atoms with E-state index in [0.29, 0.717) is 5.75 Å². The molecule has 0 saturated carbocycles. The third kappa shape index (κ3) is 4.03. The quantitative estimate of drug-likeness (QED) is 0.699. The van der Waals surface area contributed by atoms with Gasteiger partial charge in [-0.3, -0.25) is 10.1 Å². The predicted octanol–water partition coefficient (Wildman–Crippen LogP) is 2.22. The third-order valence-electron chi connectivity index (χ3n) is 3.18. The molecule has 0 aliphatic rings. The van der Waals surface area contributed by atoms with E-state index in [2.05, 4.69) is 15.5 Å². The number of benzene rings is 1. The number of hydrogen-bond acceptors (Lipinski definition) is 8. The number of nitrogens with zero attached hydrogens (tertiary/aromatic N) is 2. The largest absolute Gasteiger partial charge is 0.497 e. The van der Waals surface area contributed by atoms with Crippen molar-refractivity contribution in [1.29, 1.82) is 0 Å². The summed E-state index contributed by atoms with van der Waals surface area (Å²) in [5, 5.41) is 13.4. The molecule has 0 bridgehead atoms. The van der Waals surface area contributed by atoms with Crippen molar-refractivity contribution in [2.45, 2.75) is 4.90 Å². The molecule has 1 aromatic carbocycles. The minimum absolute atomic E-state index is 0.0212. The zero-order valence-corrected chi connectivity index (χ0v) is 14.6. The summed E-state index contributed by atoms with van der Waals surface area (Å²) in [5.74, 6) is -0.740. The second-order valence-corrected chi connectivity index (χ2v) is 7.68. The molecule has 10 heteroatoms. The summed E-state index contributed by atoms with van der Waals surface area (Å²) < 4.78 is 34.8. The van der Waals surface area contributed by atoms with Crippen LogP contribution < -0.4 is 10.1 Å². The van der Waals surface area contributed by atoms with E-state index in [9.17, 15) is 13.2 Å². The van der Waals surface area contributed by atoms with Crippen LogP contribution in [0.3, 0.4) is 0 Å². The Morgan fingerprint density at radius 3 is 2.64 bits per heavy atom.